The van der Waals surface area contributed by atoms with Crippen LogP contribution in [0.3, 0.4) is 0 Å². The molecule has 0 unspecified atom stereocenters. The molecule has 0 aliphatic carbocycles. The predicted octanol–water partition coefficient (Wildman–Crippen LogP) is 1.07. The number of likely N-dealkylation sites (tertiary alicyclic amines) is 1. The van der Waals surface area contributed by atoms with Crippen molar-refractivity contribution in [2.45, 2.75) is 13.5 Å². The van der Waals surface area contributed by atoms with Crippen LogP contribution in [0, 0.1) is 5.92 Å². The minimum Gasteiger partial charge on any atom is -0.325 e. The first-order valence-electron chi connectivity index (χ1n) is 4.64. The Morgan fingerprint density at radius 3 is 3.00 bits per heavy atom. The van der Waals surface area contributed by atoms with Crippen LogP contribution in [-0.4, -0.2) is 23.0 Å². The van der Waals surface area contributed by atoms with Crippen LogP contribution in [0.2, 0.25) is 0 Å². The average molecular weight is 180 g/mol. The Labute approximate surface area is 78.9 Å². The highest BCUT2D eigenvalue weighted by molar-refractivity contribution is 5.04. The molecule has 1 aliphatic rings. The molecule has 0 radical (unpaired) electrons. The number of hydrogen-bond donors (Lipinski definition) is 1. The molecule has 2 heterocycles. The van der Waals surface area contributed by atoms with E-state index < -0.39 is 0 Å². The third-order valence-electron chi connectivity index (χ3n) is 2.36. The van der Waals surface area contributed by atoms with Crippen molar-refractivity contribution in [3.8, 4) is 0 Å². The number of aromatic nitrogens is 1. The third kappa shape index (κ3) is 1.98. The summed E-state index contributed by atoms with van der Waals surface area (Å²) in [6.07, 6.45) is 0. The fourth-order valence-corrected chi connectivity index (χ4v) is 1.78. The summed E-state index contributed by atoms with van der Waals surface area (Å²) in [7, 11) is 0. The van der Waals surface area contributed by atoms with E-state index in [4.69, 9.17) is 0 Å². The summed E-state index contributed by atoms with van der Waals surface area (Å²) >= 11 is 0. The highest BCUT2D eigenvalue weighted by Gasteiger charge is 2.21. The highest BCUT2D eigenvalue weighted by Crippen LogP contribution is 2.15. The molecule has 0 atom stereocenters. The topological polar surface area (TPSA) is 36.1 Å². The second-order valence-corrected chi connectivity index (χ2v) is 3.84. The molecule has 3 nitrogen and oxygen atoms in total. The van der Waals surface area contributed by atoms with Gasteiger partial charge in [0, 0.05) is 32.8 Å². The van der Waals surface area contributed by atoms with Crippen LogP contribution in [0.4, 0.5) is 0 Å². The van der Waals surface area contributed by atoms with Crippen LogP contribution in [0.5, 0.6) is 0 Å². The summed E-state index contributed by atoms with van der Waals surface area (Å²) in [5.41, 5.74) is 1.01. The van der Waals surface area contributed by atoms with Crippen molar-refractivity contribution in [2.24, 2.45) is 5.92 Å². The summed E-state index contributed by atoms with van der Waals surface area (Å²) in [4.78, 5) is 16.1. The Hall–Kier alpha value is -1.09. The molecule has 0 aromatic carbocycles. The van der Waals surface area contributed by atoms with Gasteiger partial charge in [0.25, 0.3) is 0 Å². The van der Waals surface area contributed by atoms with Gasteiger partial charge in [0.15, 0.2) is 0 Å². The number of rotatable bonds is 2. The first-order chi connectivity index (χ1) is 6.24. The van der Waals surface area contributed by atoms with Gasteiger partial charge in [0.2, 0.25) is 5.56 Å². The van der Waals surface area contributed by atoms with E-state index in [1.807, 2.05) is 6.07 Å². The van der Waals surface area contributed by atoms with E-state index in [0.717, 1.165) is 31.2 Å². The second kappa shape index (κ2) is 3.34. The molecule has 1 aromatic rings. The Balaban J connectivity index is 0.000000980. The average Bonchev–Trinajstić information content (AvgIpc) is 2.01. The first kappa shape index (κ1) is 8.51. The van der Waals surface area contributed by atoms with Crippen LogP contribution in [0.25, 0.3) is 0 Å². The first-order valence-corrected chi connectivity index (χ1v) is 4.64. The SMILES string of the molecule is CC1CN(Cc2cccc(=O)[nH]2)C1.[HH]. The minimum atomic E-state index is -0.00827. The van der Waals surface area contributed by atoms with Gasteiger partial charge in [-0.1, -0.05) is 13.0 Å². The number of nitrogens with zero attached hydrogens (tertiary/aromatic N) is 1. The Bertz CT molecular complexity index is 344. The van der Waals surface area contributed by atoms with Crippen LogP contribution >= 0.6 is 0 Å². The van der Waals surface area contributed by atoms with Gasteiger partial charge in [-0.05, 0) is 12.0 Å². The van der Waals surface area contributed by atoms with Crippen molar-refractivity contribution in [2.75, 3.05) is 13.1 Å². The van der Waals surface area contributed by atoms with Gasteiger partial charge in [-0.25, -0.2) is 0 Å². The molecule has 3 heteroatoms. The molecule has 0 bridgehead atoms. The van der Waals surface area contributed by atoms with E-state index in [0.29, 0.717) is 0 Å². The van der Waals surface area contributed by atoms with Crippen LogP contribution in [0.1, 0.15) is 14.0 Å². The maximum Gasteiger partial charge on any atom is 0.248 e. The lowest BCUT2D eigenvalue weighted by atomic mass is 10.0. The molecular weight excluding hydrogens is 164 g/mol. The largest absolute Gasteiger partial charge is 0.325 e. The van der Waals surface area contributed by atoms with E-state index in [-0.39, 0.29) is 6.99 Å². The van der Waals surface area contributed by atoms with Crippen molar-refractivity contribution in [3.05, 3.63) is 34.2 Å². The van der Waals surface area contributed by atoms with E-state index in [2.05, 4.69) is 16.8 Å². The van der Waals surface area contributed by atoms with E-state index >= 15 is 0 Å². The maximum absolute atomic E-state index is 11.0. The molecule has 1 N–H and O–H groups in total. The zero-order valence-corrected chi connectivity index (χ0v) is 7.79. The van der Waals surface area contributed by atoms with Gasteiger partial charge in [0.1, 0.15) is 0 Å². The predicted molar refractivity (Wildman–Crippen MR) is 53.6 cm³/mol. The van der Waals surface area contributed by atoms with E-state index in [1.165, 1.54) is 0 Å². The molecule has 0 amide bonds. The molecule has 1 aliphatic heterocycles. The van der Waals surface area contributed by atoms with Gasteiger partial charge >= 0.3 is 0 Å². The number of H-pyrrole nitrogens is 1. The molecular formula is C10H16N2O. The molecule has 0 spiro atoms. The van der Waals surface area contributed by atoms with Crippen LogP contribution in [-0.2, 0) is 6.54 Å². The number of hydrogen-bond acceptors (Lipinski definition) is 2. The van der Waals surface area contributed by atoms with Gasteiger partial charge in [0.05, 0.1) is 0 Å². The second-order valence-electron chi connectivity index (χ2n) is 3.84. The van der Waals surface area contributed by atoms with Crippen LogP contribution < -0.4 is 5.56 Å². The molecule has 1 saturated heterocycles. The molecule has 72 valence electrons. The smallest absolute Gasteiger partial charge is 0.248 e. The normalized spacial score (nSPS) is 18.5. The summed E-state index contributed by atoms with van der Waals surface area (Å²) in [5.74, 6) is 0.815. The van der Waals surface area contributed by atoms with Gasteiger partial charge < -0.3 is 4.98 Å². The number of aromatic amines is 1. The molecule has 0 saturated carbocycles. The van der Waals surface area contributed by atoms with Crippen molar-refractivity contribution < 1.29 is 1.43 Å². The maximum atomic E-state index is 11.0. The highest BCUT2D eigenvalue weighted by atomic mass is 16.1. The number of nitrogens with one attached hydrogen (secondary N) is 1. The van der Waals surface area contributed by atoms with Crippen molar-refractivity contribution in [1.82, 2.24) is 9.88 Å². The minimum absolute atomic E-state index is 0. The zero-order valence-electron chi connectivity index (χ0n) is 7.79. The molecule has 1 aromatic heterocycles. The fraction of sp³-hybridized carbons (Fsp3) is 0.500. The lowest BCUT2D eigenvalue weighted by Crippen LogP contribution is -2.44. The summed E-state index contributed by atoms with van der Waals surface area (Å²) < 4.78 is 0. The van der Waals surface area contributed by atoms with Gasteiger partial charge in [-0.15, -0.1) is 0 Å². The van der Waals surface area contributed by atoms with Crippen LogP contribution in [0.15, 0.2) is 23.0 Å². The molecule has 2 rings (SSSR count). The van der Waals surface area contributed by atoms with E-state index in [9.17, 15) is 4.79 Å². The Kier molecular flexibility index (Phi) is 2.19. The quantitative estimate of drug-likeness (QED) is 0.739. The Morgan fingerprint density at radius 1 is 1.62 bits per heavy atom. The fourth-order valence-electron chi connectivity index (χ4n) is 1.78. The lowest BCUT2D eigenvalue weighted by molar-refractivity contribution is 0.103. The van der Waals surface area contributed by atoms with Crippen molar-refractivity contribution >= 4 is 0 Å². The van der Waals surface area contributed by atoms with Crippen molar-refractivity contribution in [1.29, 1.82) is 0 Å². The number of pyridine rings is 1. The van der Waals surface area contributed by atoms with E-state index in [1.54, 1.807) is 12.1 Å². The summed E-state index contributed by atoms with van der Waals surface area (Å²) in [6, 6.07) is 5.31. The molecule has 1 fully saturated rings. The van der Waals surface area contributed by atoms with Crippen molar-refractivity contribution in [3.63, 3.8) is 0 Å². The summed E-state index contributed by atoms with van der Waals surface area (Å²) in [5, 5.41) is 0. The lowest BCUT2D eigenvalue weighted by Gasteiger charge is -2.36. The Morgan fingerprint density at radius 2 is 2.38 bits per heavy atom. The van der Waals surface area contributed by atoms with Gasteiger partial charge in [-0.2, -0.15) is 0 Å². The monoisotopic (exact) mass is 180 g/mol. The van der Waals surface area contributed by atoms with Gasteiger partial charge in [-0.3, -0.25) is 9.69 Å². The molecule has 13 heavy (non-hydrogen) atoms. The zero-order chi connectivity index (χ0) is 9.26. The standard InChI is InChI=1S/C10H14N2O.H2/c1-8-5-12(6-8)7-9-3-2-4-10(13)11-9;/h2-4,8H,5-7H2,1H3,(H,11,13);1H. The third-order valence-corrected chi connectivity index (χ3v) is 2.36. The summed E-state index contributed by atoms with van der Waals surface area (Å²) in [6.45, 7) is 5.42.